The number of hydrogen-bond acceptors (Lipinski definition) is 6. The number of benzene rings is 1. The van der Waals surface area contributed by atoms with E-state index in [0.717, 1.165) is 0 Å². The van der Waals surface area contributed by atoms with Crippen molar-refractivity contribution >= 4 is 11.0 Å². The molecule has 22 heavy (non-hydrogen) atoms. The maximum atomic E-state index is 11.6. The highest BCUT2D eigenvalue weighted by Gasteiger charge is 2.45. The summed E-state index contributed by atoms with van der Waals surface area (Å²) >= 11 is 0. The molecule has 2 heterocycles. The van der Waals surface area contributed by atoms with Gasteiger partial charge in [-0.25, -0.2) is 4.79 Å². The molecule has 0 radical (unpaired) electrons. The molecule has 6 heteroatoms. The SMILES string of the molecule is COc1cc2c(c3oc(=O)ccc13)[C@@H](OC)[C@@H](O)C(C)(C)O2. The molecule has 0 unspecified atom stereocenters. The Bertz CT molecular complexity index is 776. The monoisotopic (exact) mass is 306 g/mol. The minimum atomic E-state index is -0.910. The highest BCUT2D eigenvalue weighted by molar-refractivity contribution is 5.89. The van der Waals surface area contributed by atoms with E-state index in [4.69, 9.17) is 18.6 Å². The molecule has 0 saturated carbocycles. The van der Waals surface area contributed by atoms with E-state index < -0.39 is 23.4 Å². The van der Waals surface area contributed by atoms with Gasteiger partial charge < -0.3 is 23.7 Å². The first kappa shape index (κ1) is 14.9. The van der Waals surface area contributed by atoms with Gasteiger partial charge in [-0.2, -0.15) is 0 Å². The molecule has 1 aliphatic rings. The van der Waals surface area contributed by atoms with Crippen molar-refractivity contribution in [1.82, 2.24) is 0 Å². The number of ether oxygens (including phenoxy) is 3. The number of hydrogen-bond donors (Lipinski definition) is 1. The van der Waals surface area contributed by atoms with Crippen LogP contribution in [0.2, 0.25) is 0 Å². The predicted octanol–water partition coefficient (Wildman–Crippen LogP) is 2.02. The van der Waals surface area contributed by atoms with E-state index >= 15 is 0 Å². The molecule has 1 N–H and O–H groups in total. The Morgan fingerprint density at radius 3 is 2.64 bits per heavy atom. The van der Waals surface area contributed by atoms with Crippen molar-refractivity contribution in [1.29, 1.82) is 0 Å². The molecule has 2 atom stereocenters. The lowest BCUT2D eigenvalue weighted by atomic mass is 9.87. The van der Waals surface area contributed by atoms with Crippen LogP contribution in [0.5, 0.6) is 11.5 Å². The fourth-order valence-corrected chi connectivity index (χ4v) is 2.83. The largest absolute Gasteiger partial charge is 0.496 e. The minimum absolute atomic E-state index is 0.309. The summed E-state index contributed by atoms with van der Waals surface area (Å²) in [5.74, 6) is 1.00. The van der Waals surface area contributed by atoms with E-state index in [9.17, 15) is 9.90 Å². The van der Waals surface area contributed by atoms with E-state index in [1.807, 2.05) is 0 Å². The number of rotatable bonds is 2. The molecule has 1 aliphatic heterocycles. The highest BCUT2D eigenvalue weighted by atomic mass is 16.5. The average Bonchev–Trinajstić information content (AvgIpc) is 2.47. The lowest BCUT2D eigenvalue weighted by Crippen LogP contribution is -2.49. The van der Waals surface area contributed by atoms with Crippen molar-refractivity contribution in [3.05, 3.63) is 34.2 Å². The van der Waals surface area contributed by atoms with Crippen LogP contribution in [0, 0.1) is 0 Å². The molecule has 0 fully saturated rings. The van der Waals surface area contributed by atoms with Crippen LogP contribution < -0.4 is 15.1 Å². The van der Waals surface area contributed by atoms with Crippen LogP contribution in [0.3, 0.4) is 0 Å². The molecule has 0 spiro atoms. The molecular weight excluding hydrogens is 288 g/mol. The smallest absolute Gasteiger partial charge is 0.336 e. The van der Waals surface area contributed by atoms with Gasteiger partial charge in [-0.15, -0.1) is 0 Å². The van der Waals surface area contributed by atoms with Crippen molar-refractivity contribution in [2.75, 3.05) is 14.2 Å². The molecule has 1 aromatic carbocycles. The van der Waals surface area contributed by atoms with Gasteiger partial charge >= 0.3 is 5.63 Å². The van der Waals surface area contributed by atoms with Gasteiger partial charge in [0.15, 0.2) is 5.58 Å². The summed E-state index contributed by atoms with van der Waals surface area (Å²) in [6.07, 6.45) is -1.58. The van der Waals surface area contributed by atoms with Crippen LogP contribution in [0.1, 0.15) is 25.5 Å². The third kappa shape index (κ3) is 2.07. The van der Waals surface area contributed by atoms with E-state index in [0.29, 0.717) is 28.0 Å². The van der Waals surface area contributed by atoms with Crippen LogP contribution >= 0.6 is 0 Å². The van der Waals surface area contributed by atoms with Gasteiger partial charge in [0.2, 0.25) is 0 Å². The summed E-state index contributed by atoms with van der Waals surface area (Å²) in [5.41, 5.74) is -0.509. The second kappa shape index (κ2) is 5.00. The van der Waals surface area contributed by atoms with Crippen LogP contribution in [0.4, 0.5) is 0 Å². The minimum Gasteiger partial charge on any atom is -0.496 e. The topological polar surface area (TPSA) is 78.1 Å². The Hall–Kier alpha value is -2.05. The fraction of sp³-hybridized carbons (Fsp3) is 0.438. The van der Waals surface area contributed by atoms with Crippen molar-refractivity contribution in [2.24, 2.45) is 0 Å². The van der Waals surface area contributed by atoms with Gasteiger partial charge in [-0.1, -0.05) is 0 Å². The Morgan fingerprint density at radius 1 is 1.27 bits per heavy atom. The molecule has 0 aliphatic carbocycles. The first-order chi connectivity index (χ1) is 10.4. The first-order valence-electron chi connectivity index (χ1n) is 6.93. The quantitative estimate of drug-likeness (QED) is 0.855. The van der Waals surface area contributed by atoms with Crippen molar-refractivity contribution in [2.45, 2.75) is 31.7 Å². The normalized spacial score (nSPS) is 23.0. The van der Waals surface area contributed by atoms with Gasteiger partial charge in [0.05, 0.1) is 18.1 Å². The Labute approximate surface area is 127 Å². The van der Waals surface area contributed by atoms with Crippen molar-refractivity contribution < 1.29 is 23.7 Å². The summed E-state index contributed by atoms with van der Waals surface area (Å²) in [6, 6.07) is 4.67. The van der Waals surface area contributed by atoms with Gasteiger partial charge in [0, 0.05) is 19.2 Å². The summed E-state index contributed by atoms with van der Waals surface area (Å²) in [7, 11) is 3.03. The maximum Gasteiger partial charge on any atom is 0.336 e. The van der Waals surface area contributed by atoms with Crippen LogP contribution in [0.15, 0.2) is 27.4 Å². The summed E-state index contributed by atoms with van der Waals surface area (Å²) in [5, 5.41) is 11.1. The number of methoxy groups -OCH3 is 2. The van der Waals surface area contributed by atoms with Gasteiger partial charge in [-0.05, 0) is 19.9 Å². The molecule has 118 valence electrons. The number of fused-ring (bicyclic) bond motifs is 3. The third-order valence-electron chi connectivity index (χ3n) is 4.00. The van der Waals surface area contributed by atoms with E-state index in [2.05, 4.69) is 0 Å². The standard InChI is InChI=1S/C16H18O6/c1-16(2)15(18)14(20-4)12-10(22-16)7-9(19-3)8-5-6-11(17)21-13(8)12/h5-7,14-15,18H,1-4H3/t14-,15-/m1/s1. The number of aliphatic hydroxyl groups is 1. The van der Waals surface area contributed by atoms with E-state index in [-0.39, 0.29) is 0 Å². The molecule has 2 aromatic rings. The van der Waals surface area contributed by atoms with Crippen molar-refractivity contribution in [3.63, 3.8) is 0 Å². The summed E-state index contributed by atoms with van der Waals surface area (Å²) in [6.45, 7) is 3.54. The Kier molecular flexibility index (Phi) is 3.38. The zero-order chi connectivity index (χ0) is 16.1. The second-order valence-electron chi connectivity index (χ2n) is 5.79. The summed E-state index contributed by atoms with van der Waals surface area (Å²) < 4.78 is 22.0. The van der Waals surface area contributed by atoms with Gasteiger partial charge in [0.25, 0.3) is 0 Å². The lowest BCUT2D eigenvalue weighted by Gasteiger charge is -2.41. The molecule has 6 nitrogen and oxygen atoms in total. The average molecular weight is 306 g/mol. The molecule has 0 amide bonds. The summed E-state index contributed by atoms with van der Waals surface area (Å²) in [4.78, 5) is 11.6. The fourth-order valence-electron chi connectivity index (χ4n) is 2.83. The molecule has 0 bridgehead atoms. The van der Waals surface area contributed by atoms with Crippen molar-refractivity contribution in [3.8, 4) is 11.5 Å². The molecule has 1 aromatic heterocycles. The zero-order valence-corrected chi connectivity index (χ0v) is 12.9. The van der Waals surface area contributed by atoms with Gasteiger partial charge in [0.1, 0.15) is 29.3 Å². The molecule has 3 rings (SSSR count). The first-order valence-corrected chi connectivity index (χ1v) is 6.93. The van der Waals surface area contributed by atoms with E-state index in [1.54, 1.807) is 26.0 Å². The Morgan fingerprint density at radius 2 is 2.00 bits per heavy atom. The number of aliphatic hydroxyl groups excluding tert-OH is 1. The van der Waals surface area contributed by atoms with Crippen LogP contribution in [-0.2, 0) is 4.74 Å². The predicted molar refractivity (Wildman–Crippen MR) is 79.5 cm³/mol. The van der Waals surface area contributed by atoms with Gasteiger partial charge in [-0.3, -0.25) is 0 Å². The molecular formula is C16H18O6. The zero-order valence-electron chi connectivity index (χ0n) is 12.9. The third-order valence-corrected chi connectivity index (χ3v) is 4.00. The molecule has 0 saturated heterocycles. The maximum absolute atomic E-state index is 11.6. The Balaban J connectivity index is 2.39. The highest BCUT2D eigenvalue weighted by Crippen LogP contribution is 2.47. The van der Waals surface area contributed by atoms with Crippen LogP contribution in [-0.4, -0.2) is 31.0 Å². The van der Waals surface area contributed by atoms with E-state index in [1.165, 1.54) is 20.3 Å². The second-order valence-corrected chi connectivity index (χ2v) is 5.79. The lowest BCUT2D eigenvalue weighted by molar-refractivity contribution is -0.123. The van der Waals surface area contributed by atoms with Crippen LogP contribution in [0.25, 0.3) is 11.0 Å².